The minimum absolute atomic E-state index is 0.0442. The number of Topliss-reactive ketones (excluding diaryl/α,β-unsaturated/α-hetero) is 1. The molecule has 1 fully saturated rings. The van der Waals surface area contributed by atoms with Crippen molar-refractivity contribution in [2.45, 2.75) is 12.3 Å². The lowest BCUT2D eigenvalue weighted by molar-refractivity contribution is 0.0865. The fraction of sp³-hybridized carbons (Fsp3) is 0.375. The van der Waals surface area contributed by atoms with Gasteiger partial charge in [0.1, 0.15) is 5.76 Å². The van der Waals surface area contributed by atoms with Crippen molar-refractivity contribution < 1.29 is 9.21 Å². The molecule has 0 unspecified atom stereocenters. The fourth-order valence-electron chi connectivity index (χ4n) is 3.80. The predicted molar refractivity (Wildman–Crippen MR) is 73.2 cm³/mol. The van der Waals surface area contributed by atoms with Crippen LogP contribution in [0.4, 0.5) is 0 Å². The summed E-state index contributed by atoms with van der Waals surface area (Å²) in [4.78, 5) is 17.1. The first kappa shape index (κ1) is 11.7. The van der Waals surface area contributed by atoms with Crippen molar-refractivity contribution in [1.82, 2.24) is 9.55 Å². The van der Waals surface area contributed by atoms with Crippen LogP contribution in [0, 0.1) is 17.8 Å². The molecule has 2 heterocycles. The van der Waals surface area contributed by atoms with Crippen LogP contribution >= 0.6 is 0 Å². The van der Waals surface area contributed by atoms with E-state index in [0.29, 0.717) is 17.7 Å². The highest BCUT2D eigenvalue weighted by Crippen LogP contribution is 2.53. The molecular weight excluding hydrogens is 252 g/mol. The first-order chi connectivity index (χ1) is 9.75. The molecule has 0 aromatic carbocycles. The van der Waals surface area contributed by atoms with Gasteiger partial charge in [-0.25, -0.2) is 4.98 Å². The normalized spacial score (nSPS) is 31.1. The third-order valence-corrected chi connectivity index (χ3v) is 4.68. The van der Waals surface area contributed by atoms with Crippen molar-refractivity contribution in [2.75, 3.05) is 0 Å². The van der Waals surface area contributed by atoms with Gasteiger partial charge in [-0.2, -0.15) is 0 Å². The molecule has 2 aromatic heterocycles. The van der Waals surface area contributed by atoms with E-state index in [4.69, 9.17) is 4.42 Å². The third-order valence-electron chi connectivity index (χ3n) is 4.68. The minimum Gasteiger partial charge on any atom is -0.469 e. The van der Waals surface area contributed by atoms with E-state index in [1.807, 2.05) is 25.4 Å². The van der Waals surface area contributed by atoms with Crippen LogP contribution in [0.25, 0.3) is 0 Å². The van der Waals surface area contributed by atoms with Gasteiger partial charge >= 0.3 is 0 Å². The van der Waals surface area contributed by atoms with Gasteiger partial charge in [0.25, 0.3) is 0 Å². The van der Waals surface area contributed by atoms with Crippen LogP contribution in [0.2, 0.25) is 0 Å². The van der Waals surface area contributed by atoms with Crippen molar-refractivity contribution >= 4 is 5.78 Å². The van der Waals surface area contributed by atoms with Gasteiger partial charge in [-0.1, -0.05) is 12.2 Å². The smallest absolute Gasteiger partial charge is 0.202 e. The molecule has 0 radical (unpaired) electrons. The molecule has 2 bridgehead atoms. The highest BCUT2D eigenvalue weighted by atomic mass is 16.3. The van der Waals surface area contributed by atoms with Crippen molar-refractivity contribution in [2.24, 2.45) is 24.8 Å². The average Bonchev–Trinajstić information content (AvgIpc) is 3.21. The maximum atomic E-state index is 12.9. The number of fused-ring (bicyclic) bond motifs is 2. The van der Waals surface area contributed by atoms with Crippen LogP contribution in [0.15, 0.2) is 47.4 Å². The summed E-state index contributed by atoms with van der Waals surface area (Å²) >= 11 is 0. The Kier molecular flexibility index (Phi) is 2.46. The molecule has 0 N–H and O–H groups in total. The molecule has 0 saturated heterocycles. The van der Waals surface area contributed by atoms with Crippen molar-refractivity contribution in [1.29, 1.82) is 0 Å². The molecule has 4 rings (SSSR count). The van der Waals surface area contributed by atoms with E-state index in [9.17, 15) is 4.79 Å². The van der Waals surface area contributed by atoms with Gasteiger partial charge in [-0.15, -0.1) is 0 Å². The summed E-state index contributed by atoms with van der Waals surface area (Å²) in [5.41, 5.74) is 0. The number of furan rings is 1. The summed E-state index contributed by atoms with van der Waals surface area (Å²) in [5, 5.41) is 0. The lowest BCUT2D eigenvalue weighted by Crippen LogP contribution is -2.28. The number of allylic oxidation sites excluding steroid dienone is 2. The van der Waals surface area contributed by atoms with Gasteiger partial charge in [0.15, 0.2) is 5.82 Å². The Hall–Kier alpha value is -2.10. The zero-order chi connectivity index (χ0) is 13.7. The van der Waals surface area contributed by atoms with Crippen LogP contribution < -0.4 is 0 Å². The minimum atomic E-state index is -0.0442. The molecule has 102 valence electrons. The standard InChI is InChI=1S/C16H16N2O2/c1-18-7-6-17-16(18)15(19)14-11-5-4-10(9-11)13(14)12-3-2-8-20-12/h2-8,10-11,13-14H,9H2,1H3/t10-,11+,13-,14+/m1/s1. The number of imidazole rings is 1. The first-order valence-electron chi connectivity index (χ1n) is 6.99. The number of aryl methyl sites for hydroxylation is 1. The van der Waals surface area contributed by atoms with Crippen LogP contribution in [0.1, 0.15) is 28.7 Å². The second kappa shape index (κ2) is 4.20. The first-order valence-corrected chi connectivity index (χ1v) is 6.99. The Morgan fingerprint density at radius 1 is 1.40 bits per heavy atom. The van der Waals surface area contributed by atoms with Crippen LogP contribution in [-0.2, 0) is 7.05 Å². The summed E-state index contributed by atoms with van der Waals surface area (Å²) in [6.07, 6.45) is 10.7. The van der Waals surface area contributed by atoms with E-state index in [1.165, 1.54) is 0 Å². The number of carbonyl (C=O) groups is 1. The molecule has 4 nitrogen and oxygen atoms in total. The number of ketones is 1. The molecule has 4 heteroatoms. The number of nitrogens with zero attached hydrogens (tertiary/aromatic N) is 2. The zero-order valence-corrected chi connectivity index (χ0v) is 11.3. The number of hydrogen-bond acceptors (Lipinski definition) is 3. The number of hydrogen-bond donors (Lipinski definition) is 0. The Morgan fingerprint density at radius 2 is 2.25 bits per heavy atom. The molecule has 2 aliphatic rings. The van der Waals surface area contributed by atoms with Crippen LogP contribution in [0.5, 0.6) is 0 Å². The SMILES string of the molecule is Cn1ccnc1C(=O)[C@@H]1[C@@H](c2ccco2)[C@@H]2C=C[C@H]1C2. The van der Waals surface area contributed by atoms with Gasteiger partial charge in [-0.3, -0.25) is 4.79 Å². The third kappa shape index (κ3) is 1.54. The maximum absolute atomic E-state index is 12.9. The fourth-order valence-corrected chi connectivity index (χ4v) is 3.80. The predicted octanol–water partition coefficient (Wildman–Crippen LogP) is 2.80. The Bertz CT molecular complexity index is 668. The van der Waals surface area contributed by atoms with Crippen molar-refractivity contribution in [3.63, 3.8) is 0 Å². The van der Waals surface area contributed by atoms with Crippen LogP contribution in [0.3, 0.4) is 0 Å². The molecule has 4 atom stereocenters. The van der Waals surface area contributed by atoms with E-state index in [-0.39, 0.29) is 17.6 Å². The topological polar surface area (TPSA) is 48.0 Å². The second-order valence-corrected chi connectivity index (χ2v) is 5.74. The lowest BCUT2D eigenvalue weighted by atomic mass is 9.78. The quantitative estimate of drug-likeness (QED) is 0.635. The monoisotopic (exact) mass is 268 g/mol. The highest BCUT2D eigenvalue weighted by Gasteiger charge is 2.50. The number of aromatic nitrogens is 2. The van der Waals surface area contributed by atoms with E-state index in [1.54, 1.807) is 17.0 Å². The maximum Gasteiger partial charge on any atom is 0.202 e. The summed E-state index contributed by atoms with van der Waals surface area (Å²) in [6, 6.07) is 3.88. The lowest BCUT2D eigenvalue weighted by Gasteiger charge is -2.25. The molecule has 2 aromatic rings. The van der Waals surface area contributed by atoms with Crippen molar-refractivity contribution in [3.05, 3.63) is 54.5 Å². The highest BCUT2D eigenvalue weighted by molar-refractivity contribution is 5.96. The molecule has 0 amide bonds. The molecule has 20 heavy (non-hydrogen) atoms. The van der Waals surface area contributed by atoms with Crippen molar-refractivity contribution in [3.8, 4) is 0 Å². The van der Waals surface area contributed by atoms with Crippen LogP contribution in [-0.4, -0.2) is 15.3 Å². The van der Waals surface area contributed by atoms with Gasteiger partial charge in [0, 0.05) is 31.3 Å². The number of carbonyl (C=O) groups excluding carboxylic acids is 1. The van der Waals surface area contributed by atoms with Gasteiger partial charge < -0.3 is 8.98 Å². The van der Waals surface area contributed by atoms with E-state index in [2.05, 4.69) is 17.1 Å². The molecule has 2 aliphatic carbocycles. The number of rotatable bonds is 3. The summed E-state index contributed by atoms with van der Waals surface area (Å²) in [5.74, 6) is 2.46. The molecule has 0 spiro atoms. The molecule has 0 aliphatic heterocycles. The molecular formula is C16H16N2O2. The Morgan fingerprint density at radius 3 is 2.95 bits per heavy atom. The summed E-state index contributed by atoms with van der Waals surface area (Å²) < 4.78 is 7.39. The summed E-state index contributed by atoms with van der Waals surface area (Å²) in [7, 11) is 1.87. The van der Waals surface area contributed by atoms with Gasteiger partial charge in [-0.05, 0) is 30.4 Å². The molecule has 1 saturated carbocycles. The second-order valence-electron chi connectivity index (χ2n) is 5.74. The van der Waals surface area contributed by atoms with Gasteiger partial charge in [0.05, 0.1) is 6.26 Å². The van der Waals surface area contributed by atoms with Gasteiger partial charge in [0.2, 0.25) is 5.78 Å². The Labute approximate surface area is 117 Å². The summed E-state index contributed by atoms with van der Waals surface area (Å²) in [6.45, 7) is 0. The Balaban J connectivity index is 1.74. The van der Waals surface area contributed by atoms with E-state index in [0.717, 1.165) is 12.2 Å². The average molecular weight is 268 g/mol. The zero-order valence-electron chi connectivity index (χ0n) is 11.3. The van der Waals surface area contributed by atoms with E-state index >= 15 is 0 Å². The largest absolute Gasteiger partial charge is 0.469 e. The van der Waals surface area contributed by atoms with E-state index < -0.39 is 0 Å².